The van der Waals surface area contributed by atoms with Gasteiger partial charge in [0.25, 0.3) is 0 Å². The number of aryl methyl sites for hydroxylation is 1. The first-order valence-corrected chi connectivity index (χ1v) is 7.50. The number of rotatable bonds is 2. The average Bonchev–Trinajstić information content (AvgIpc) is 2.11. The highest BCUT2D eigenvalue weighted by atomic mass is 31.2. The second-order valence-corrected chi connectivity index (χ2v) is 7.61. The Morgan fingerprint density at radius 1 is 0.895 bits per heavy atom. The van der Waals surface area contributed by atoms with E-state index in [0.29, 0.717) is 5.75 Å². The van der Waals surface area contributed by atoms with Crippen LogP contribution in [0.1, 0.15) is 58.2 Å². The summed E-state index contributed by atoms with van der Waals surface area (Å²) in [5, 5.41) is 0. The lowest BCUT2D eigenvalue weighted by molar-refractivity contribution is -0.310. The Kier molecular flexibility index (Phi) is 4.66. The first kappa shape index (κ1) is 16.4. The van der Waals surface area contributed by atoms with E-state index >= 15 is 0 Å². The molecule has 0 aliphatic carbocycles. The monoisotopic (exact) mass is 282 g/mol. The topological polar surface area (TPSA) is 55.3 Å². The lowest BCUT2D eigenvalue weighted by Crippen LogP contribution is -2.20. The van der Waals surface area contributed by atoms with Crippen LogP contribution in [0.25, 0.3) is 0 Å². The van der Waals surface area contributed by atoms with Gasteiger partial charge in [-0.25, -0.2) is 0 Å². The molecule has 0 aromatic heterocycles. The van der Waals surface area contributed by atoms with Gasteiger partial charge in [0.1, 0.15) is 5.75 Å². The van der Waals surface area contributed by atoms with Gasteiger partial charge in [-0.05, 0) is 40.5 Å². The molecule has 19 heavy (non-hydrogen) atoms. The second-order valence-electron chi connectivity index (χ2n) is 6.98. The molecule has 4 heteroatoms. The van der Waals surface area contributed by atoms with Crippen LogP contribution in [-0.4, -0.2) is 0 Å². The van der Waals surface area contributed by atoms with Crippen molar-refractivity contribution in [3.8, 4) is 5.75 Å². The second kappa shape index (κ2) is 5.40. The highest BCUT2D eigenvalue weighted by Crippen LogP contribution is 2.39. The van der Waals surface area contributed by atoms with Crippen LogP contribution in [0.5, 0.6) is 5.75 Å². The number of benzene rings is 1. The molecule has 0 unspecified atom stereocenters. The summed E-state index contributed by atoms with van der Waals surface area (Å²) < 4.78 is 4.97. The summed E-state index contributed by atoms with van der Waals surface area (Å²) >= 11 is 0. The van der Waals surface area contributed by atoms with Gasteiger partial charge in [-0.3, -0.25) is 0 Å². The van der Waals surface area contributed by atoms with E-state index in [1.165, 1.54) is 5.56 Å². The predicted octanol–water partition coefficient (Wildman–Crippen LogP) is 2.92. The molecule has 1 aromatic carbocycles. The van der Waals surface area contributed by atoms with Crippen LogP contribution in [0.15, 0.2) is 12.1 Å². The molecule has 1 aromatic rings. The summed E-state index contributed by atoms with van der Waals surface area (Å²) in [7, 11) is -2.89. The highest BCUT2D eigenvalue weighted by molar-refractivity contribution is 7.36. The van der Waals surface area contributed by atoms with Crippen molar-refractivity contribution in [2.24, 2.45) is 0 Å². The van der Waals surface area contributed by atoms with E-state index in [4.69, 9.17) is 4.52 Å². The Balaban J connectivity index is 3.46. The fraction of sp³-hybridized carbons (Fsp3) is 0.600. The SMILES string of the molecule is Cc1cc(OP([O-])[O-])c(C(C)(C)C)cc1C(C)(C)C. The molecule has 0 bridgehead atoms. The quantitative estimate of drug-likeness (QED) is 0.784. The van der Waals surface area contributed by atoms with Gasteiger partial charge >= 0.3 is 0 Å². The molecule has 0 heterocycles. The van der Waals surface area contributed by atoms with Gasteiger partial charge in [0.2, 0.25) is 0 Å². The van der Waals surface area contributed by atoms with Gasteiger partial charge in [0.15, 0.2) is 0 Å². The molecular formula is C15H23O3P-2. The van der Waals surface area contributed by atoms with Crippen molar-refractivity contribution in [2.45, 2.75) is 59.3 Å². The maximum atomic E-state index is 10.9. The third kappa shape index (κ3) is 4.17. The summed E-state index contributed by atoms with van der Waals surface area (Å²) in [5.74, 6) is 0.439. The molecule has 0 fully saturated rings. The van der Waals surface area contributed by atoms with Crippen molar-refractivity contribution in [3.05, 3.63) is 28.8 Å². The van der Waals surface area contributed by atoms with Crippen LogP contribution in [0, 0.1) is 6.92 Å². The summed E-state index contributed by atoms with van der Waals surface area (Å²) in [6.07, 6.45) is 0. The standard InChI is InChI=1S/C15H23O3P/c1-10-8-13(18-19(16)17)12(15(5,6)7)9-11(10)14(2,3)4/h8-9H,1-7H3/q-2. The van der Waals surface area contributed by atoms with Crippen molar-refractivity contribution in [1.29, 1.82) is 0 Å². The van der Waals surface area contributed by atoms with Crippen LogP contribution in [0.2, 0.25) is 0 Å². The van der Waals surface area contributed by atoms with Crippen molar-refractivity contribution < 1.29 is 14.3 Å². The summed E-state index contributed by atoms with van der Waals surface area (Å²) in [6.45, 7) is 14.6. The summed E-state index contributed by atoms with van der Waals surface area (Å²) in [6, 6.07) is 3.90. The van der Waals surface area contributed by atoms with Crippen LogP contribution < -0.4 is 14.3 Å². The first-order valence-electron chi connectivity index (χ1n) is 6.41. The van der Waals surface area contributed by atoms with E-state index in [2.05, 4.69) is 47.6 Å². The van der Waals surface area contributed by atoms with Crippen molar-refractivity contribution in [2.75, 3.05) is 0 Å². The molecule has 0 atom stereocenters. The molecule has 0 saturated heterocycles. The zero-order chi connectivity index (χ0) is 15.0. The van der Waals surface area contributed by atoms with Crippen molar-refractivity contribution in [1.82, 2.24) is 0 Å². The zero-order valence-electron chi connectivity index (χ0n) is 12.8. The Bertz CT molecular complexity index is 454. The van der Waals surface area contributed by atoms with E-state index in [1.54, 1.807) is 0 Å². The zero-order valence-corrected chi connectivity index (χ0v) is 13.7. The number of hydrogen-bond acceptors (Lipinski definition) is 3. The van der Waals surface area contributed by atoms with Crippen molar-refractivity contribution >= 4 is 8.60 Å². The smallest absolute Gasteiger partial charge is 0.123 e. The van der Waals surface area contributed by atoms with Gasteiger partial charge in [0.05, 0.1) is 0 Å². The largest absolute Gasteiger partial charge is 0.810 e. The van der Waals surface area contributed by atoms with E-state index in [1.807, 2.05) is 13.0 Å². The Morgan fingerprint density at radius 3 is 1.74 bits per heavy atom. The van der Waals surface area contributed by atoms with E-state index in [-0.39, 0.29) is 10.8 Å². The molecule has 1 rings (SSSR count). The van der Waals surface area contributed by atoms with Crippen molar-refractivity contribution in [3.63, 3.8) is 0 Å². The third-order valence-electron chi connectivity index (χ3n) is 3.12. The molecule has 3 nitrogen and oxygen atoms in total. The van der Waals surface area contributed by atoms with Gasteiger partial charge in [0, 0.05) is 0 Å². The summed E-state index contributed by atoms with van der Waals surface area (Å²) in [5.41, 5.74) is 3.02. The lowest BCUT2D eigenvalue weighted by Gasteiger charge is -2.34. The minimum absolute atomic E-state index is 0.0161. The third-order valence-corrected chi connectivity index (χ3v) is 3.46. The Labute approximate surface area is 117 Å². The fourth-order valence-corrected chi connectivity index (χ4v) is 2.54. The minimum atomic E-state index is -2.89. The van der Waals surface area contributed by atoms with Crippen LogP contribution >= 0.6 is 8.60 Å². The summed E-state index contributed by atoms with van der Waals surface area (Å²) in [4.78, 5) is 21.7. The van der Waals surface area contributed by atoms with Crippen LogP contribution in [0.4, 0.5) is 0 Å². The van der Waals surface area contributed by atoms with E-state index in [0.717, 1.165) is 11.1 Å². The highest BCUT2D eigenvalue weighted by Gasteiger charge is 2.24. The predicted molar refractivity (Wildman–Crippen MR) is 76.1 cm³/mol. The fourth-order valence-electron chi connectivity index (χ4n) is 2.23. The van der Waals surface area contributed by atoms with E-state index in [9.17, 15) is 9.79 Å². The van der Waals surface area contributed by atoms with Crippen LogP contribution in [0.3, 0.4) is 0 Å². The molecule has 0 saturated carbocycles. The van der Waals surface area contributed by atoms with E-state index < -0.39 is 8.60 Å². The molecule has 0 spiro atoms. The maximum absolute atomic E-state index is 10.9. The normalized spacial score (nSPS) is 12.9. The average molecular weight is 282 g/mol. The molecule has 0 radical (unpaired) electrons. The molecular weight excluding hydrogens is 259 g/mol. The first-order chi connectivity index (χ1) is 8.43. The van der Waals surface area contributed by atoms with Crippen LogP contribution in [-0.2, 0) is 10.8 Å². The maximum Gasteiger partial charge on any atom is 0.123 e. The minimum Gasteiger partial charge on any atom is -0.810 e. The lowest BCUT2D eigenvalue weighted by atomic mass is 9.78. The van der Waals surface area contributed by atoms with Gasteiger partial charge < -0.3 is 14.3 Å². The molecule has 0 aliphatic rings. The molecule has 0 N–H and O–H groups in total. The number of hydrogen-bond donors (Lipinski definition) is 0. The van der Waals surface area contributed by atoms with Gasteiger partial charge in [-0.2, -0.15) is 0 Å². The Hall–Kier alpha value is -0.630. The van der Waals surface area contributed by atoms with Gasteiger partial charge in [-0.1, -0.05) is 56.2 Å². The molecule has 0 amide bonds. The van der Waals surface area contributed by atoms with Gasteiger partial charge in [-0.15, -0.1) is 0 Å². The Morgan fingerprint density at radius 2 is 1.37 bits per heavy atom. The molecule has 108 valence electrons. The molecule has 0 aliphatic heterocycles.